The van der Waals surface area contributed by atoms with E-state index in [1.807, 2.05) is 0 Å². The lowest BCUT2D eigenvalue weighted by atomic mass is 10.2. The van der Waals surface area contributed by atoms with Crippen molar-refractivity contribution in [3.8, 4) is 0 Å². The minimum atomic E-state index is -0.854. The number of halogens is 1. The van der Waals surface area contributed by atoms with Crippen LogP contribution < -0.4 is 16.0 Å². The highest BCUT2D eigenvalue weighted by molar-refractivity contribution is 5.99. The second-order valence-electron chi connectivity index (χ2n) is 6.89. The molecule has 1 aromatic heterocycles. The molecule has 0 aliphatic carbocycles. The van der Waals surface area contributed by atoms with Crippen LogP contribution in [-0.4, -0.2) is 28.6 Å². The van der Waals surface area contributed by atoms with Crippen molar-refractivity contribution in [2.75, 3.05) is 10.6 Å². The molecule has 3 N–H and O–H groups in total. The van der Waals surface area contributed by atoms with E-state index in [-0.39, 0.29) is 0 Å². The molecule has 0 saturated heterocycles. The van der Waals surface area contributed by atoms with Crippen molar-refractivity contribution in [3.63, 3.8) is 0 Å². The van der Waals surface area contributed by atoms with Gasteiger partial charge in [0.25, 0.3) is 0 Å². The molecule has 0 spiro atoms. The first kappa shape index (κ1) is 20.2. The average Bonchev–Trinajstić information content (AvgIpc) is 2.56. The molecule has 0 saturated carbocycles. The topological polar surface area (TPSA) is 92.3 Å². The van der Waals surface area contributed by atoms with Gasteiger partial charge < -0.3 is 20.7 Å². The predicted octanol–water partition coefficient (Wildman–Crippen LogP) is 3.82. The number of rotatable bonds is 5. The van der Waals surface area contributed by atoms with Gasteiger partial charge >= 0.3 is 6.09 Å². The Labute approximate surface area is 157 Å². The maximum Gasteiger partial charge on any atom is 0.408 e. The Morgan fingerprint density at radius 1 is 1.15 bits per heavy atom. The largest absolute Gasteiger partial charge is 0.444 e. The Morgan fingerprint density at radius 3 is 2.52 bits per heavy atom. The number of alkyl carbamates (subject to hydrolysis) is 1. The number of carbonyl (C=O) groups excluding carboxylic acids is 2. The SMILES string of the molecule is CC(NC(=O)OC(C)(C)C)C(=O)Nc1ccc(F)cc1Nc1ccccn1. The first-order valence-electron chi connectivity index (χ1n) is 8.42. The number of hydrogen-bond acceptors (Lipinski definition) is 5. The number of hydrogen-bond donors (Lipinski definition) is 3. The van der Waals surface area contributed by atoms with Gasteiger partial charge in [-0.25, -0.2) is 14.2 Å². The van der Waals surface area contributed by atoms with Crippen LogP contribution in [0.4, 0.5) is 26.4 Å². The van der Waals surface area contributed by atoms with Crippen LogP contribution in [0.5, 0.6) is 0 Å². The maximum absolute atomic E-state index is 13.6. The summed E-state index contributed by atoms with van der Waals surface area (Å²) < 4.78 is 18.8. The van der Waals surface area contributed by atoms with Crippen molar-refractivity contribution >= 4 is 29.2 Å². The second kappa shape index (κ2) is 8.48. The molecule has 0 bridgehead atoms. The average molecular weight is 374 g/mol. The van der Waals surface area contributed by atoms with Crippen molar-refractivity contribution < 1.29 is 18.7 Å². The van der Waals surface area contributed by atoms with Gasteiger partial charge in [0, 0.05) is 6.20 Å². The van der Waals surface area contributed by atoms with E-state index in [1.165, 1.54) is 25.1 Å². The molecule has 27 heavy (non-hydrogen) atoms. The number of amides is 2. The molecule has 0 radical (unpaired) electrons. The summed E-state index contributed by atoms with van der Waals surface area (Å²) in [7, 11) is 0. The minimum Gasteiger partial charge on any atom is -0.444 e. The molecular weight excluding hydrogens is 351 g/mol. The second-order valence-corrected chi connectivity index (χ2v) is 6.89. The fourth-order valence-corrected chi connectivity index (χ4v) is 2.09. The third kappa shape index (κ3) is 6.58. The molecule has 1 atom stereocenters. The molecule has 144 valence electrons. The molecule has 0 fully saturated rings. The normalized spacial score (nSPS) is 12.0. The Balaban J connectivity index is 2.07. The number of aromatic nitrogens is 1. The van der Waals surface area contributed by atoms with Crippen LogP contribution >= 0.6 is 0 Å². The van der Waals surface area contributed by atoms with Gasteiger partial charge in [-0.1, -0.05) is 6.07 Å². The van der Waals surface area contributed by atoms with Crippen LogP contribution in [0.3, 0.4) is 0 Å². The van der Waals surface area contributed by atoms with E-state index in [2.05, 4.69) is 20.9 Å². The Morgan fingerprint density at radius 2 is 1.89 bits per heavy atom. The van der Waals surface area contributed by atoms with Gasteiger partial charge in [0.15, 0.2) is 0 Å². The number of pyridine rings is 1. The molecule has 1 aromatic carbocycles. The van der Waals surface area contributed by atoms with Crippen molar-refractivity contribution in [2.24, 2.45) is 0 Å². The molecule has 2 amide bonds. The monoisotopic (exact) mass is 374 g/mol. The maximum atomic E-state index is 13.6. The molecule has 2 rings (SSSR count). The highest BCUT2D eigenvalue weighted by Gasteiger charge is 2.21. The van der Waals surface area contributed by atoms with E-state index in [4.69, 9.17) is 4.74 Å². The van der Waals surface area contributed by atoms with Gasteiger partial charge in [0.2, 0.25) is 5.91 Å². The lowest BCUT2D eigenvalue weighted by Crippen LogP contribution is -2.44. The van der Waals surface area contributed by atoms with E-state index in [0.717, 1.165) is 0 Å². The molecule has 0 aliphatic rings. The molecule has 1 unspecified atom stereocenters. The van der Waals surface area contributed by atoms with E-state index >= 15 is 0 Å². The third-order valence-electron chi connectivity index (χ3n) is 3.29. The molecule has 2 aromatic rings. The molecular formula is C19H23FN4O3. The summed E-state index contributed by atoms with van der Waals surface area (Å²) in [5.74, 6) is -0.443. The predicted molar refractivity (Wildman–Crippen MR) is 101 cm³/mol. The van der Waals surface area contributed by atoms with Crippen LogP contribution in [0, 0.1) is 5.82 Å². The van der Waals surface area contributed by atoms with Gasteiger partial charge in [-0.15, -0.1) is 0 Å². The highest BCUT2D eigenvalue weighted by Crippen LogP contribution is 2.26. The van der Waals surface area contributed by atoms with Crippen molar-refractivity contribution in [1.29, 1.82) is 0 Å². The standard InChI is InChI=1S/C19H23FN4O3/c1-12(22-18(26)27-19(2,3)4)17(25)24-14-9-8-13(20)11-15(14)23-16-7-5-6-10-21-16/h5-12H,1-4H3,(H,21,23)(H,22,26)(H,24,25). The van der Waals surface area contributed by atoms with Crippen molar-refractivity contribution in [3.05, 3.63) is 48.4 Å². The summed E-state index contributed by atoms with van der Waals surface area (Å²) in [6.45, 7) is 6.71. The van der Waals surface area contributed by atoms with Gasteiger partial charge in [-0.05, 0) is 58.0 Å². The van der Waals surface area contributed by atoms with Gasteiger partial charge in [0.05, 0.1) is 11.4 Å². The van der Waals surface area contributed by atoms with Gasteiger partial charge in [0.1, 0.15) is 23.3 Å². The first-order valence-corrected chi connectivity index (χ1v) is 8.42. The zero-order chi connectivity index (χ0) is 20.0. The lowest BCUT2D eigenvalue weighted by Gasteiger charge is -2.22. The number of nitrogens with zero attached hydrogens (tertiary/aromatic N) is 1. The summed E-state index contributed by atoms with van der Waals surface area (Å²) in [6, 6.07) is 8.29. The summed E-state index contributed by atoms with van der Waals surface area (Å²) in [4.78, 5) is 28.3. The van der Waals surface area contributed by atoms with Crippen molar-refractivity contribution in [2.45, 2.75) is 39.3 Å². The quantitative estimate of drug-likeness (QED) is 0.740. The highest BCUT2D eigenvalue weighted by atomic mass is 19.1. The fraction of sp³-hybridized carbons (Fsp3) is 0.316. The van der Waals surface area contributed by atoms with Crippen LogP contribution in [0.1, 0.15) is 27.7 Å². The molecule has 7 nitrogen and oxygen atoms in total. The Hall–Kier alpha value is -3.16. The smallest absolute Gasteiger partial charge is 0.408 e. The number of ether oxygens (including phenoxy) is 1. The number of nitrogens with one attached hydrogen (secondary N) is 3. The Kier molecular flexibility index (Phi) is 6.33. The first-order chi connectivity index (χ1) is 12.6. The molecule has 1 heterocycles. The van der Waals surface area contributed by atoms with E-state index in [0.29, 0.717) is 17.2 Å². The number of anilines is 3. The van der Waals surface area contributed by atoms with Crippen LogP contribution in [-0.2, 0) is 9.53 Å². The summed E-state index contributed by atoms with van der Waals surface area (Å²) in [5.41, 5.74) is 0.0215. The van der Waals surface area contributed by atoms with Crippen molar-refractivity contribution in [1.82, 2.24) is 10.3 Å². The third-order valence-corrected chi connectivity index (χ3v) is 3.29. The van der Waals surface area contributed by atoms with Crippen LogP contribution in [0.2, 0.25) is 0 Å². The molecule has 8 heteroatoms. The number of carbonyl (C=O) groups is 2. The van der Waals surface area contributed by atoms with E-state index < -0.39 is 29.5 Å². The zero-order valence-electron chi connectivity index (χ0n) is 15.7. The zero-order valence-corrected chi connectivity index (χ0v) is 15.7. The summed E-state index contributed by atoms with van der Waals surface area (Å²) >= 11 is 0. The minimum absolute atomic E-state index is 0.339. The lowest BCUT2D eigenvalue weighted by molar-refractivity contribution is -0.117. The van der Waals surface area contributed by atoms with Crippen LogP contribution in [0.15, 0.2) is 42.6 Å². The molecule has 0 aliphatic heterocycles. The van der Waals surface area contributed by atoms with E-state index in [9.17, 15) is 14.0 Å². The Bertz CT molecular complexity index is 806. The fourth-order valence-electron chi connectivity index (χ4n) is 2.09. The van der Waals surface area contributed by atoms with Gasteiger partial charge in [-0.2, -0.15) is 0 Å². The van der Waals surface area contributed by atoms with Gasteiger partial charge in [-0.3, -0.25) is 4.79 Å². The number of benzene rings is 1. The summed E-state index contributed by atoms with van der Waals surface area (Å²) in [5, 5.41) is 8.07. The summed E-state index contributed by atoms with van der Waals surface area (Å²) in [6.07, 6.45) is 0.892. The van der Waals surface area contributed by atoms with E-state index in [1.54, 1.807) is 45.2 Å². The van der Waals surface area contributed by atoms with Crippen LogP contribution in [0.25, 0.3) is 0 Å².